The topological polar surface area (TPSA) is 63.7 Å². The van der Waals surface area contributed by atoms with E-state index < -0.39 is 10.0 Å². The number of ketones is 1. The zero-order chi connectivity index (χ0) is 18.7. The van der Waals surface area contributed by atoms with E-state index in [1.54, 1.807) is 16.4 Å². The number of Topliss-reactive ketones (excluding diaryl/α,β-unsaturated/α-hetero) is 1. The molecule has 0 aromatic heterocycles. The second-order valence-electron chi connectivity index (χ2n) is 6.36. The largest absolute Gasteiger partial charge is 0.494 e. The maximum absolute atomic E-state index is 13.1. The number of sulfonamides is 1. The first-order chi connectivity index (χ1) is 12.4. The molecule has 1 saturated heterocycles. The van der Waals surface area contributed by atoms with Gasteiger partial charge in [-0.25, -0.2) is 8.42 Å². The van der Waals surface area contributed by atoms with Crippen molar-refractivity contribution in [3.63, 3.8) is 0 Å². The van der Waals surface area contributed by atoms with Gasteiger partial charge >= 0.3 is 0 Å². The number of carbonyl (C=O) groups is 1. The van der Waals surface area contributed by atoms with Gasteiger partial charge in [-0.2, -0.15) is 4.31 Å². The Labute approximate surface area is 154 Å². The summed E-state index contributed by atoms with van der Waals surface area (Å²) in [6.45, 7) is 4.48. The first-order valence-corrected chi connectivity index (χ1v) is 10.2. The van der Waals surface area contributed by atoms with E-state index in [2.05, 4.69) is 0 Å². The van der Waals surface area contributed by atoms with Crippen LogP contribution in [0.2, 0.25) is 0 Å². The normalized spacial score (nSPS) is 18.0. The smallest absolute Gasteiger partial charge is 0.243 e. The summed E-state index contributed by atoms with van der Waals surface area (Å²) in [5, 5.41) is 0. The van der Waals surface area contributed by atoms with Crippen LogP contribution in [0.3, 0.4) is 0 Å². The lowest BCUT2D eigenvalue weighted by Crippen LogP contribution is -2.30. The van der Waals surface area contributed by atoms with E-state index in [0.29, 0.717) is 18.7 Å². The van der Waals surface area contributed by atoms with Crippen LogP contribution in [0.4, 0.5) is 0 Å². The third-order valence-corrected chi connectivity index (χ3v) is 6.57. The van der Waals surface area contributed by atoms with Gasteiger partial charge in [-0.15, -0.1) is 0 Å². The molecule has 26 heavy (non-hydrogen) atoms. The average Bonchev–Trinajstić information content (AvgIpc) is 3.13. The van der Waals surface area contributed by atoms with Crippen LogP contribution < -0.4 is 4.74 Å². The second-order valence-corrected chi connectivity index (χ2v) is 8.25. The molecular weight excluding hydrogens is 350 g/mol. The Kier molecular flexibility index (Phi) is 5.44. The fraction of sp³-hybridized carbons (Fsp3) is 0.350. The molecule has 0 spiro atoms. The average molecular weight is 373 g/mol. The van der Waals surface area contributed by atoms with Crippen molar-refractivity contribution in [3.05, 3.63) is 59.7 Å². The summed E-state index contributed by atoms with van der Waals surface area (Å²) in [6, 6.07) is 13.6. The highest BCUT2D eigenvalue weighted by atomic mass is 32.2. The van der Waals surface area contributed by atoms with Gasteiger partial charge < -0.3 is 4.74 Å². The molecule has 0 N–H and O–H groups in total. The van der Waals surface area contributed by atoms with Gasteiger partial charge in [0.2, 0.25) is 10.0 Å². The number of hydrogen-bond donors (Lipinski definition) is 0. The minimum absolute atomic E-state index is 0.0811. The van der Waals surface area contributed by atoms with Crippen LogP contribution in [-0.4, -0.2) is 31.7 Å². The van der Waals surface area contributed by atoms with Crippen molar-refractivity contribution in [2.24, 2.45) is 0 Å². The van der Waals surface area contributed by atoms with Crippen LogP contribution in [-0.2, 0) is 10.0 Å². The summed E-state index contributed by atoms with van der Waals surface area (Å²) in [5.41, 5.74) is 1.48. The predicted octanol–water partition coefficient (Wildman–Crippen LogP) is 3.81. The van der Waals surface area contributed by atoms with Gasteiger partial charge in [-0.3, -0.25) is 4.79 Å². The van der Waals surface area contributed by atoms with Gasteiger partial charge in [-0.05, 0) is 56.5 Å². The van der Waals surface area contributed by atoms with Crippen molar-refractivity contribution < 1.29 is 17.9 Å². The quantitative estimate of drug-likeness (QED) is 0.722. The van der Waals surface area contributed by atoms with Gasteiger partial charge in [0.05, 0.1) is 17.5 Å². The maximum atomic E-state index is 13.1. The molecule has 2 aromatic rings. The molecular formula is C20H23NO4S. The first-order valence-electron chi connectivity index (χ1n) is 8.79. The van der Waals surface area contributed by atoms with E-state index in [1.807, 2.05) is 31.2 Å². The molecule has 0 bridgehead atoms. The summed E-state index contributed by atoms with van der Waals surface area (Å²) in [4.78, 5) is 11.6. The molecule has 0 unspecified atom stereocenters. The molecule has 6 heteroatoms. The monoisotopic (exact) mass is 373 g/mol. The molecule has 1 fully saturated rings. The fourth-order valence-corrected chi connectivity index (χ4v) is 4.99. The van der Waals surface area contributed by atoms with Crippen LogP contribution in [0.15, 0.2) is 53.4 Å². The molecule has 3 rings (SSSR count). The zero-order valence-corrected chi connectivity index (χ0v) is 15.8. The van der Waals surface area contributed by atoms with Gasteiger partial charge in [0, 0.05) is 12.1 Å². The molecule has 138 valence electrons. The molecule has 0 saturated carbocycles. The van der Waals surface area contributed by atoms with Crippen molar-refractivity contribution in [2.75, 3.05) is 13.2 Å². The van der Waals surface area contributed by atoms with E-state index in [9.17, 15) is 13.2 Å². The number of carbonyl (C=O) groups excluding carboxylic acids is 1. The highest BCUT2D eigenvalue weighted by Gasteiger charge is 2.36. The SMILES string of the molecule is CCOc1ccc([C@H]2CCCN2S(=O)(=O)c2ccc(C(C)=O)cc2)cc1. The molecule has 0 radical (unpaired) electrons. The Morgan fingerprint density at radius 2 is 1.77 bits per heavy atom. The second kappa shape index (κ2) is 7.60. The summed E-state index contributed by atoms with van der Waals surface area (Å²) < 4.78 is 33.2. The molecule has 0 aliphatic carbocycles. The Morgan fingerprint density at radius 3 is 2.35 bits per heavy atom. The lowest BCUT2D eigenvalue weighted by molar-refractivity contribution is 0.101. The summed E-state index contributed by atoms with van der Waals surface area (Å²) in [7, 11) is -3.61. The summed E-state index contributed by atoms with van der Waals surface area (Å²) >= 11 is 0. The van der Waals surface area contributed by atoms with Gasteiger partial charge in [0.1, 0.15) is 5.75 Å². The number of ether oxygens (including phenoxy) is 1. The minimum Gasteiger partial charge on any atom is -0.494 e. The van der Waals surface area contributed by atoms with Crippen LogP contribution in [0.25, 0.3) is 0 Å². The number of hydrogen-bond acceptors (Lipinski definition) is 4. The lowest BCUT2D eigenvalue weighted by Gasteiger charge is -2.24. The highest BCUT2D eigenvalue weighted by Crippen LogP contribution is 2.37. The van der Waals surface area contributed by atoms with Gasteiger partial charge in [0.15, 0.2) is 5.78 Å². The fourth-order valence-electron chi connectivity index (χ4n) is 3.31. The van der Waals surface area contributed by atoms with E-state index in [4.69, 9.17) is 4.74 Å². The molecule has 0 amide bonds. The van der Waals surface area contributed by atoms with E-state index in [-0.39, 0.29) is 16.7 Å². The summed E-state index contributed by atoms with van der Waals surface area (Å²) in [6.07, 6.45) is 1.61. The van der Waals surface area contributed by atoms with Gasteiger partial charge in [-0.1, -0.05) is 24.3 Å². The van der Waals surface area contributed by atoms with Gasteiger partial charge in [0.25, 0.3) is 0 Å². The molecule has 5 nitrogen and oxygen atoms in total. The number of rotatable bonds is 6. The van der Waals surface area contributed by atoms with Crippen LogP contribution in [0, 0.1) is 0 Å². The van der Waals surface area contributed by atoms with E-state index in [1.165, 1.54) is 19.1 Å². The Balaban J connectivity index is 1.87. The molecule has 1 aliphatic heterocycles. The van der Waals surface area contributed by atoms with Crippen LogP contribution >= 0.6 is 0 Å². The Bertz CT molecular complexity index is 873. The number of benzene rings is 2. The summed E-state index contributed by atoms with van der Waals surface area (Å²) in [5.74, 6) is 0.700. The minimum atomic E-state index is -3.61. The third kappa shape index (κ3) is 3.66. The first kappa shape index (κ1) is 18.6. The third-order valence-electron chi connectivity index (χ3n) is 4.65. The van der Waals surface area contributed by atoms with Crippen molar-refractivity contribution in [1.29, 1.82) is 0 Å². The standard InChI is InChI=1S/C20H23NO4S/c1-3-25-18-10-6-17(7-11-18)20-5-4-14-21(20)26(23,24)19-12-8-16(9-13-19)15(2)22/h6-13,20H,3-5,14H2,1-2H3/t20-/m1/s1. The van der Waals surface area contributed by atoms with Crippen molar-refractivity contribution in [3.8, 4) is 5.75 Å². The molecule has 1 aliphatic rings. The van der Waals surface area contributed by atoms with E-state index >= 15 is 0 Å². The Morgan fingerprint density at radius 1 is 1.12 bits per heavy atom. The molecule has 1 heterocycles. The van der Waals surface area contributed by atoms with Crippen LogP contribution in [0.1, 0.15) is 48.7 Å². The Hall–Kier alpha value is -2.18. The van der Waals surface area contributed by atoms with E-state index in [0.717, 1.165) is 24.2 Å². The molecule has 2 aromatic carbocycles. The van der Waals surface area contributed by atoms with Crippen molar-refractivity contribution in [2.45, 2.75) is 37.6 Å². The number of nitrogens with zero attached hydrogens (tertiary/aromatic N) is 1. The maximum Gasteiger partial charge on any atom is 0.243 e. The van der Waals surface area contributed by atoms with Crippen LogP contribution in [0.5, 0.6) is 5.75 Å². The zero-order valence-electron chi connectivity index (χ0n) is 15.0. The van der Waals surface area contributed by atoms with Crippen molar-refractivity contribution in [1.82, 2.24) is 4.31 Å². The predicted molar refractivity (Wildman–Crippen MR) is 99.9 cm³/mol. The highest BCUT2D eigenvalue weighted by molar-refractivity contribution is 7.89. The molecule has 1 atom stereocenters. The lowest BCUT2D eigenvalue weighted by atomic mass is 10.1. The van der Waals surface area contributed by atoms with Crippen molar-refractivity contribution >= 4 is 15.8 Å².